The number of carbonyl (C=O) groups excluding carboxylic acids is 2. The molecule has 0 aliphatic carbocycles. The molecule has 1 fully saturated rings. The Morgan fingerprint density at radius 1 is 1.41 bits per heavy atom. The molecule has 7 heteroatoms. The Balaban J connectivity index is 2.85. The van der Waals surface area contributed by atoms with Gasteiger partial charge in [0.15, 0.2) is 9.84 Å². The molecular formula is C10H17NO5S. The van der Waals surface area contributed by atoms with E-state index in [0.717, 1.165) is 6.26 Å². The van der Waals surface area contributed by atoms with Crippen LogP contribution in [0.5, 0.6) is 0 Å². The number of ether oxygens (including phenoxy) is 1. The highest BCUT2D eigenvalue weighted by Crippen LogP contribution is 2.20. The van der Waals surface area contributed by atoms with Gasteiger partial charge in [-0.2, -0.15) is 0 Å². The summed E-state index contributed by atoms with van der Waals surface area (Å²) in [7, 11) is -2.19. The highest BCUT2D eigenvalue weighted by atomic mass is 32.2. The number of nitrogens with zero attached hydrogens (tertiary/aromatic N) is 1. The van der Waals surface area contributed by atoms with Gasteiger partial charge in [-0.15, -0.1) is 0 Å². The summed E-state index contributed by atoms with van der Waals surface area (Å²) < 4.78 is 27.2. The zero-order valence-electron chi connectivity index (χ0n) is 10.2. The summed E-state index contributed by atoms with van der Waals surface area (Å²) in [6.07, 6.45) is 2.22. The van der Waals surface area contributed by atoms with Gasteiger partial charge in [-0.25, -0.2) is 13.2 Å². The summed E-state index contributed by atoms with van der Waals surface area (Å²) >= 11 is 0. The highest BCUT2D eigenvalue weighted by molar-refractivity contribution is 7.92. The van der Waals surface area contributed by atoms with Gasteiger partial charge in [0.1, 0.15) is 11.3 Å². The zero-order chi connectivity index (χ0) is 13.2. The van der Waals surface area contributed by atoms with E-state index in [1.165, 1.54) is 18.9 Å². The van der Waals surface area contributed by atoms with E-state index < -0.39 is 33.0 Å². The van der Waals surface area contributed by atoms with E-state index in [2.05, 4.69) is 4.74 Å². The first kappa shape index (κ1) is 14.0. The fraction of sp³-hybridized carbons (Fsp3) is 0.800. The minimum Gasteiger partial charge on any atom is -0.467 e. The maximum absolute atomic E-state index is 12.0. The summed E-state index contributed by atoms with van der Waals surface area (Å²) in [5.41, 5.74) is 0. The number of esters is 1. The summed E-state index contributed by atoms with van der Waals surface area (Å²) in [4.78, 5) is 24.7. The van der Waals surface area contributed by atoms with Crippen LogP contribution in [0.4, 0.5) is 0 Å². The van der Waals surface area contributed by atoms with Crippen molar-refractivity contribution in [2.75, 3.05) is 19.9 Å². The smallest absolute Gasteiger partial charge is 0.328 e. The third kappa shape index (κ3) is 2.96. The van der Waals surface area contributed by atoms with Crippen molar-refractivity contribution in [1.82, 2.24) is 4.90 Å². The number of hydrogen-bond acceptors (Lipinski definition) is 5. The Morgan fingerprint density at radius 2 is 2.00 bits per heavy atom. The minimum absolute atomic E-state index is 0.401. The monoisotopic (exact) mass is 263 g/mol. The average Bonchev–Trinajstić information content (AvgIpc) is 2.73. The predicted octanol–water partition coefficient (Wildman–Crippen LogP) is -0.416. The van der Waals surface area contributed by atoms with Crippen LogP contribution in [0.25, 0.3) is 0 Å². The van der Waals surface area contributed by atoms with Gasteiger partial charge in [-0.05, 0) is 19.8 Å². The van der Waals surface area contributed by atoms with Crippen molar-refractivity contribution in [3.63, 3.8) is 0 Å². The van der Waals surface area contributed by atoms with Gasteiger partial charge in [0, 0.05) is 12.8 Å². The second-order valence-corrected chi connectivity index (χ2v) is 6.55. The maximum atomic E-state index is 12.0. The number of hydrogen-bond donors (Lipinski definition) is 0. The van der Waals surface area contributed by atoms with E-state index in [9.17, 15) is 18.0 Å². The normalized spacial score (nSPS) is 22.3. The molecule has 0 aromatic rings. The third-order valence-electron chi connectivity index (χ3n) is 3.00. The molecule has 1 heterocycles. The SMILES string of the molecule is COC(=O)C1CCCN1C(=O)C(C)S(C)(=O)=O. The number of sulfone groups is 1. The first-order valence-electron chi connectivity index (χ1n) is 5.36. The molecule has 0 N–H and O–H groups in total. The average molecular weight is 263 g/mol. The molecule has 0 bridgehead atoms. The first-order valence-corrected chi connectivity index (χ1v) is 7.31. The molecule has 17 heavy (non-hydrogen) atoms. The highest BCUT2D eigenvalue weighted by Gasteiger charge is 2.39. The molecular weight excluding hydrogens is 246 g/mol. The number of methoxy groups -OCH3 is 1. The molecule has 0 radical (unpaired) electrons. The maximum Gasteiger partial charge on any atom is 0.328 e. The lowest BCUT2D eigenvalue weighted by molar-refractivity contribution is -0.150. The van der Waals surface area contributed by atoms with Crippen LogP contribution in [0.3, 0.4) is 0 Å². The summed E-state index contributed by atoms with van der Waals surface area (Å²) in [6.45, 7) is 1.74. The van der Waals surface area contributed by atoms with Crippen molar-refractivity contribution >= 4 is 21.7 Å². The number of amides is 1. The number of rotatable bonds is 3. The van der Waals surface area contributed by atoms with Crippen LogP contribution >= 0.6 is 0 Å². The number of likely N-dealkylation sites (tertiary alicyclic amines) is 1. The van der Waals surface area contributed by atoms with Gasteiger partial charge < -0.3 is 9.64 Å². The lowest BCUT2D eigenvalue weighted by atomic mass is 10.2. The molecule has 0 spiro atoms. The van der Waals surface area contributed by atoms with Crippen LogP contribution in [0.1, 0.15) is 19.8 Å². The molecule has 1 amide bonds. The molecule has 2 atom stereocenters. The van der Waals surface area contributed by atoms with Crippen LogP contribution in [0, 0.1) is 0 Å². The lowest BCUT2D eigenvalue weighted by Gasteiger charge is -2.24. The zero-order valence-corrected chi connectivity index (χ0v) is 11.0. The lowest BCUT2D eigenvalue weighted by Crippen LogP contribution is -2.47. The Labute approximate surface area is 101 Å². The van der Waals surface area contributed by atoms with Gasteiger partial charge in [0.2, 0.25) is 5.91 Å². The van der Waals surface area contributed by atoms with Crippen molar-refractivity contribution < 1.29 is 22.7 Å². The molecule has 1 saturated heterocycles. The van der Waals surface area contributed by atoms with Gasteiger partial charge in [0.25, 0.3) is 0 Å². The molecule has 0 aromatic carbocycles. The van der Waals surface area contributed by atoms with Crippen molar-refractivity contribution in [3.8, 4) is 0 Å². The van der Waals surface area contributed by atoms with Crippen molar-refractivity contribution in [2.24, 2.45) is 0 Å². The number of carbonyl (C=O) groups is 2. The molecule has 0 saturated carbocycles. The molecule has 98 valence electrons. The summed E-state index contributed by atoms with van der Waals surface area (Å²) in [5, 5.41) is -1.12. The molecule has 1 aliphatic heterocycles. The molecule has 0 aromatic heterocycles. The van der Waals surface area contributed by atoms with Gasteiger partial charge in [-0.1, -0.05) is 0 Å². The fourth-order valence-corrected chi connectivity index (χ4v) is 2.33. The van der Waals surface area contributed by atoms with E-state index in [1.807, 2.05) is 0 Å². The standard InChI is InChI=1S/C10H17NO5S/c1-7(17(3,14)15)9(12)11-6-4-5-8(11)10(13)16-2/h7-8H,4-6H2,1-3H3. The van der Waals surface area contributed by atoms with E-state index in [1.54, 1.807) is 0 Å². The Hall–Kier alpha value is -1.11. The predicted molar refractivity (Wildman–Crippen MR) is 61.1 cm³/mol. The van der Waals surface area contributed by atoms with Crippen molar-refractivity contribution in [3.05, 3.63) is 0 Å². The second-order valence-electron chi connectivity index (χ2n) is 4.18. The van der Waals surface area contributed by atoms with Crippen LogP contribution in [0.2, 0.25) is 0 Å². The van der Waals surface area contributed by atoms with E-state index >= 15 is 0 Å². The Kier molecular flexibility index (Phi) is 4.13. The molecule has 6 nitrogen and oxygen atoms in total. The topological polar surface area (TPSA) is 80.8 Å². The largest absolute Gasteiger partial charge is 0.467 e. The first-order chi connectivity index (χ1) is 7.79. The van der Waals surface area contributed by atoms with Gasteiger partial charge in [-0.3, -0.25) is 4.79 Å². The van der Waals surface area contributed by atoms with Gasteiger partial charge >= 0.3 is 5.97 Å². The van der Waals surface area contributed by atoms with E-state index in [0.29, 0.717) is 19.4 Å². The summed E-state index contributed by atoms with van der Waals surface area (Å²) in [5.74, 6) is -1.02. The molecule has 2 unspecified atom stereocenters. The van der Waals surface area contributed by atoms with Crippen LogP contribution in [0.15, 0.2) is 0 Å². The fourth-order valence-electron chi connectivity index (χ4n) is 1.83. The van der Waals surface area contributed by atoms with Crippen LogP contribution in [-0.2, 0) is 24.2 Å². The van der Waals surface area contributed by atoms with E-state index in [-0.39, 0.29) is 0 Å². The van der Waals surface area contributed by atoms with Gasteiger partial charge in [0.05, 0.1) is 7.11 Å². The Morgan fingerprint density at radius 3 is 2.47 bits per heavy atom. The van der Waals surface area contributed by atoms with Crippen molar-refractivity contribution in [1.29, 1.82) is 0 Å². The van der Waals surface area contributed by atoms with Crippen molar-refractivity contribution in [2.45, 2.75) is 31.1 Å². The Bertz CT molecular complexity index is 416. The quantitative estimate of drug-likeness (QED) is 0.646. The van der Waals surface area contributed by atoms with Crippen LogP contribution in [-0.4, -0.2) is 56.4 Å². The third-order valence-corrected chi connectivity index (χ3v) is 4.49. The second kappa shape index (κ2) is 5.03. The summed E-state index contributed by atoms with van der Waals surface area (Å²) in [6, 6.07) is -0.642. The molecule has 1 rings (SSSR count). The van der Waals surface area contributed by atoms with E-state index in [4.69, 9.17) is 0 Å². The molecule has 1 aliphatic rings. The van der Waals surface area contributed by atoms with Crippen LogP contribution < -0.4 is 0 Å². The minimum atomic E-state index is -3.44.